The van der Waals surface area contributed by atoms with Gasteiger partial charge in [-0.2, -0.15) is 8.78 Å². The summed E-state index contributed by atoms with van der Waals surface area (Å²) in [6.07, 6.45) is 13.1. The van der Waals surface area contributed by atoms with Gasteiger partial charge >= 0.3 is 6.61 Å². The minimum atomic E-state index is -2.87. The van der Waals surface area contributed by atoms with Gasteiger partial charge in [0, 0.05) is 25.2 Å². The van der Waals surface area contributed by atoms with Crippen LogP contribution < -0.4 is 10.1 Å². The summed E-state index contributed by atoms with van der Waals surface area (Å²) in [5.74, 6) is 0.222. The van der Waals surface area contributed by atoms with Gasteiger partial charge in [0.15, 0.2) is 0 Å². The minimum Gasteiger partial charge on any atom is -0.435 e. The van der Waals surface area contributed by atoms with E-state index in [2.05, 4.69) is 47.7 Å². The van der Waals surface area contributed by atoms with E-state index in [1.54, 1.807) is 0 Å². The lowest BCUT2D eigenvalue weighted by molar-refractivity contribution is -0.115. The molecule has 1 rings (SSSR count). The summed E-state index contributed by atoms with van der Waals surface area (Å²) in [6, 6.07) is 5.84. The zero-order chi connectivity index (χ0) is 22.4. The predicted octanol–water partition coefficient (Wildman–Crippen LogP) is 5.82. The number of hydrogen-bond acceptors (Lipinski definition) is 3. The lowest BCUT2D eigenvalue weighted by Crippen LogP contribution is -2.26. The zero-order valence-electron chi connectivity index (χ0n) is 18.0. The Balaban J connectivity index is 2.49. The van der Waals surface area contributed by atoms with Crippen LogP contribution in [0.5, 0.6) is 5.75 Å². The number of anilines is 1. The first kappa shape index (κ1) is 25.3. The van der Waals surface area contributed by atoms with Crippen molar-refractivity contribution in [1.29, 1.82) is 0 Å². The summed E-state index contributed by atoms with van der Waals surface area (Å²) < 4.78 is 28.6. The Hall–Kier alpha value is -2.73. The van der Waals surface area contributed by atoms with Crippen LogP contribution in [0.15, 0.2) is 72.9 Å². The molecule has 0 radical (unpaired) electrons. The van der Waals surface area contributed by atoms with Gasteiger partial charge in [-0.3, -0.25) is 4.79 Å². The lowest BCUT2D eigenvalue weighted by Gasteiger charge is -2.21. The standard InChI is InChI=1S/C24H32F2N2O2/c1-5-8-10-19(6-2)17-28(4)18-20(7-3)11-9-12-23(29)27-21-13-15-22(16-14-21)30-24(25)26/h5-6,8-11,13-16,20,24H,2,7,12,17-18H2,1,3-4H3,(H,27,29)/b8-5-,11-9+,19-10+/t20-/m1/s1. The number of alkyl halides is 2. The summed E-state index contributed by atoms with van der Waals surface area (Å²) in [4.78, 5) is 14.3. The van der Waals surface area contributed by atoms with Crippen molar-refractivity contribution in [3.63, 3.8) is 0 Å². The molecule has 0 spiro atoms. The second-order valence-electron chi connectivity index (χ2n) is 6.92. The van der Waals surface area contributed by atoms with E-state index in [9.17, 15) is 13.6 Å². The van der Waals surface area contributed by atoms with E-state index in [-0.39, 0.29) is 18.1 Å². The smallest absolute Gasteiger partial charge is 0.387 e. The normalized spacial score (nSPS) is 13.4. The molecule has 1 amide bonds. The maximum atomic E-state index is 12.2. The first-order valence-electron chi connectivity index (χ1n) is 10.0. The lowest BCUT2D eigenvalue weighted by atomic mass is 10.0. The third-order valence-corrected chi connectivity index (χ3v) is 4.36. The Labute approximate surface area is 178 Å². The molecule has 1 N–H and O–H groups in total. The van der Waals surface area contributed by atoms with Crippen molar-refractivity contribution in [2.75, 3.05) is 25.5 Å². The van der Waals surface area contributed by atoms with Crippen molar-refractivity contribution in [2.45, 2.75) is 33.3 Å². The highest BCUT2D eigenvalue weighted by Gasteiger charge is 2.08. The number of carbonyl (C=O) groups excluding carboxylic acids is 1. The van der Waals surface area contributed by atoms with E-state index in [0.717, 1.165) is 25.1 Å². The molecule has 164 valence electrons. The van der Waals surface area contributed by atoms with Gasteiger partial charge in [0.05, 0.1) is 0 Å². The Morgan fingerprint density at radius 1 is 1.30 bits per heavy atom. The van der Waals surface area contributed by atoms with Gasteiger partial charge in [-0.05, 0) is 56.1 Å². The van der Waals surface area contributed by atoms with E-state index in [1.807, 2.05) is 31.2 Å². The molecule has 1 atom stereocenters. The van der Waals surface area contributed by atoms with Gasteiger partial charge < -0.3 is 15.0 Å². The fourth-order valence-electron chi connectivity index (χ4n) is 2.81. The van der Waals surface area contributed by atoms with Crippen molar-refractivity contribution < 1.29 is 18.3 Å². The van der Waals surface area contributed by atoms with Crippen molar-refractivity contribution >= 4 is 11.6 Å². The van der Waals surface area contributed by atoms with Gasteiger partial charge in [0.2, 0.25) is 5.91 Å². The molecule has 0 unspecified atom stereocenters. The first-order chi connectivity index (χ1) is 14.4. The highest BCUT2D eigenvalue weighted by atomic mass is 19.3. The number of nitrogens with one attached hydrogen (secondary N) is 1. The van der Waals surface area contributed by atoms with Crippen LogP contribution in [0.1, 0.15) is 26.7 Å². The quantitative estimate of drug-likeness (QED) is 0.324. The van der Waals surface area contributed by atoms with Crippen molar-refractivity contribution in [1.82, 2.24) is 4.90 Å². The molecule has 0 aliphatic heterocycles. The number of benzene rings is 1. The summed E-state index contributed by atoms with van der Waals surface area (Å²) in [5.41, 5.74) is 1.69. The molecule has 6 heteroatoms. The molecule has 0 saturated carbocycles. The highest BCUT2D eigenvalue weighted by molar-refractivity contribution is 5.91. The topological polar surface area (TPSA) is 41.6 Å². The van der Waals surface area contributed by atoms with E-state index >= 15 is 0 Å². The van der Waals surface area contributed by atoms with Crippen LogP contribution in [-0.2, 0) is 4.79 Å². The Bertz CT molecular complexity index is 740. The third-order valence-electron chi connectivity index (χ3n) is 4.36. The van der Waals surface area contributed by atoms with Crippen LogP contribution in [0.4, 0.5) is 14.5 Å². The molecule has 1 aromatic rings. The number of nitrogens with zero attached hydrogens (tertiary/aromatic N) is 1. The number of carbonyl (C=O) groups is 1. The largest absolute Gasteiger partial charge is 0.435 e. The van der Waals surface area contributed by atoms with Gasteiger partial charge in [0.1, 0.15) is 5.75 Å². The first-order valence-corrected chi connectivity index (χ1v) is 10.0. The van der Waals surface area contributed by atoms with E-state index in [0.29, 0.717) is 11.6 Å². The van der Waals surface area contributed by atoms with E-state index in [1.165, 1.54) is 24.3 Å². The molecular formula is C24H32F2N2O2. The van der Waals surface area contributed by atoms with E-state index in [4.69, 9.17) is 0 Å². The number of hydrogen-bond donors (Lipinski definition) is 1. The van der Waals surface area contributed by atoms with Crippen molar-refractivity contribution in [3.05, 3.63) is 72.9 Å². The number of rotatable bonds is 13. The maximum Gasteiger partial charge on any atom is 0.387 e. The van der Waals surface area contributed by atoms with Crippen LogP contribution in [0.2, 0.25) is 0 Å². The Morgan fingerprint density at radius 2 is 2.00 bits per heavy atom. The van der Waals surface area contributed by atoms with Crippen LogP contribution in [0.25, 0.3) is 0 Å². The van der Waals surface area contributed by atoms with Crippen LogP contribution in [0.3, 0.4) is 0 Å². The van der Waals surface area contributed by atoms with Gasteiger partial charge in [-0.1, -0.05) is 50.0 Å². The van der Waals surface area contributed by atoms with Crippen LogP contribution >= 0.6 is 0 Å². The van der Waals surface area contributed by atoms with E-state index < -0.39 is 6.61 Å². The minimum absolute atomic E-state index is 0.0537. The van der Waals surface area contributed by atoms with Crippen LogP contribution in [0, 0.1) is 5.92 Å². The van der Waals surface area contributed by atoms with Gasteiger partial charge in [-0.15, -0.1) is 0 Å². The second kappa shape index (κ2) is 14.3. The highest BCUT2D eigenvalue weighted by Crippen LogP contribution is 2.18. The Kier molecular flexibility index (Phi) is 12.0. The summed E-state index contributed by atoms with van der Waals surface area (Å²) in [5, 5.41) is 2.74. The van der Waals surface area contributed by atoms with Gasteiger partial charge in [0.25, 0.3) is 0 Å². The average Bonchev–Trinajstić information content (AvgIpc) is 2.71. The third kappa shape index (κ3) is 10.7. The van der Waals surface area contributed by atoms with Crippen molar-refractivity contribution in [2.24, 2.45) is 5.92 Å². The molecular weight excluding hydrogens is 386 g/mol. The fraction of sp³-hybridized carbons (Fsp3) is 0.375. The number of halogens is 2. The molecule has 0 saturated heterocycles. The average molecular weight is 419 g/mol. The molecule has 0 bridgehead atoms. The molecule has 0 aromatic heterocycles. The number of ether oxygens (including phenoxy) is 1. The molecule has 0 aliphatic rings. The molecule has 0 fully saturated rings. The monoisotopic (exact) mass is 418 g/mol. The Morgan fingerprint density at radius 3 is 2.57 bits per heavy atom. The summed E-state index contributed by atoms with van der Waals surface area (Å²) >= 11 is 0. The molecule has 1 aromatic carbocycles. The van der Waals surface area contributed by atoms with Gasteiger partial charge in [-0.25, -0.2) is 0 Å². The SMILES string of the molecule is C=C/C(=C\C=C/C)CN(C)C[C@@H](/C=C/CC(=O)Nc1ccc(OC(F)F)cc1)CC. The van der Waals surface area contributed by atoms with Crippen molar-refractivity contribution in [3.8, 4) is 5.75 Å². The summed E-state index contributed by atoms with van der Waals surface area (Å²) in [6.45, 7) is 6.78. The number of amides is 1. The molecule has 0 aliphatic carbocycles. The van der Waals surface area contributed by atoms with Crippen LogP contribution in [-0.4, -0.2) is 37.6 Å². The molecule has 0 heterocycles. The summed E-state index contributed by atoms with van der Waals surface area (Å²) in [7, 11) is 2.07. The number of allylic oxidation sites excluding steroid dienone is 3. The number of likely N-dealkylation sites (N-methyl/N-ethyl adjacent to an activating group) is 1. The predicted molar refractivity (Wildman–Crippen MR) is 120 cm³/mol. The molecule has 30 heavy (non-hydrogen) atoms. The molecule has 4 nitrogen and oxygen atoms in total. The second-order valence-corrected chi connectivity index (χ2v) is 6.92. The zero-order valence-corrected chi connectivity index (χ0v) is 18.0. The fourth-order valence-corrected chi connectivity index (χ4v) is 2.81. The maximum absolute atomic E-state index is 12.2.